The molecule has 1 aromatic heterocycles. The van der Waals surface area contributed by atoms with Gasteiger partial charge in [-0.15, -0.1) is 4.68 Å². The van der Waals surface area contributed by atoms with Crippen LogP contribution in [0.1, 0.15) is 33.3 Å². The third-order valence-corrected chi connectivity index (χ3v) is 5.77. The first-order chi connectivity index (χ1) is 17.8. The summed E-state index contributed by atoms with van der Waals surface area (Å²) >= 11 is 0. The van der Waals surface area contributed by atoms with Gasteiger partial charge in [0.15, 0.2) is 0 Å². The molecule has 1 heterocycles. The lowest BCUT2D eigenvalue weighted by Gasteiger charge is -2.23. The van der Waals surface area contributed by atoms with Gasteiger partial charge in [-0.25, -0.2) is 4.79 Å². The van der Waals surface area contributed by atoms with E-state index in [0.29, 0.717) is 11.1 Å². The van der Waals surface area contributed by atoms with Gasteiger partial charge < -0.3 is 9.94 Å². The molecule has 0 aliphatic carbocycles. The summed E-state index contributed by atoms with van der Waals surface area (Å²) in [6.07, 6.45) is -16.3. The molecule has 0 spiro atoms. The smallest absolute Gasteiger partial charge is 0.434 e. The molecule has 38 heavy (non-hydrogen) atoms. The molecule has 0 fully saturated rings. The maximum absolute atomic E-state index is 13.6. The van der Waals surface area contributed by atoms with Crippen molar-refractivity contribution >= 4 is 22.7 Å². The van der Waals surface area contributed by atoms with Crippen molar-refractivity contribution in [2.24, 2.45) is 0 Å². The Balaban J connectivity index is 1.83. The van der Waals surface area contributed by atoms with Crippen LogP contribution in [0, 0.1) is 5.21 Å². The van der Waals surface area contributed by atoms with Crippen LogP contribution in [-0.4, -0.2) is 34.9 Å². The summed E-state index contributed by atoms with van der Waals surface area (Å²) in [5, 5.41) is 13.3. The van der Waals surface area contributed by atoms with Crippen molar-refractivity contribution in [1.82, 2.24) is 4.68 Å². The third-order valence-electron chi connectivity index (χ3n) is 5.77. The van der Waals surface area contributed by atoms with E-state index in [-0.39, 0.29) is 16.8 Å². The molecule has 0 unspecified atom stereocenters. The normalized spacial score (nSPS) is 12.2. The molecule has 198 valence electrons. The third kappa shape index (κ3) is 4.93. The number of ketones is 1. The van der Waals surface area contributed by atoms with Crippen molar-refractivity contribution in [1.29, 1.82) is 0 Å². The largest absolute Gasteiger partial charge is 0.595 e. The Morgan fingerprint density at radius 2 is 1.45 bits per heavy atom. The van der Waals surface area contributed by atoms with E-state index in [2.05, 4.69) is 4.74 Å². The van der Waals surface area contributed by atoms with Crippen molar-refractivity contribution in [3.8, 4) is 11.1 Å². The number of alkyl halides is 6. The Bertz CT molecular complexity index is 1500. The second kappa shape index (κ2) is 9.84. The predicted molar refractivity (Wildman–Crippen MR) is 123 cm³/mol. The summed E-state index contributed by atoms with van der Waals surface area (Å²) in [7, 11) is 0. The van der Waals surface area contributed by atoms with E-state index in [1.807, 2.05) is 0 Å². The molecule has 0 aliphatic rings. The lowest BCUT2D eigenvalue weighted by molar-refractivity contribution is -0.692. The molecule has 3 aromatic carbocycles. The standard InChI is InChI=1S/C26H18F6N2O4/c1-2-33-20-13-12-16(15-8-4-3-5-9-15)14-19(20)21(34(33)37)22(35)17-10-6-7-11-18(17)23(36)38-24(25(27,28)29)26(30,31)32/h3-14,24H,2H2,1H3. The minimum absolute atomic E-state index is 0.139. The number of ether oxygens (including phenoxy) is 1. The monoisotopic (exact) mass is 536 g/mol. The summed E-state index contributed by atoms with van der Waals surface area (Å²) in [6, 6.07) is 18.1. The van der Waals surface area contributed by atoms with Gasteiger partial charge >= 0.3 is 18.3 Å². The lowest BCUT2D eigenvalue weighted by atomic mass is 9.98. The SMILES string of the molecule is CCn1c2ccc(-c3ccccc3)cc2c(C(=O)c2ccccc2C(=O)OC(C(F)(F)F)C(F)(F)F)[n+]1[O-]. The second-order valence-corrected chi connectivity index (χ2v) is 8.18. The summed E-state index contributed by atoms with van der Waals surface area (Å²) in [5.74, 6) is -3.10. The van der Waals surface area contributed by atoms with E-state index < -0.39 is 47.0 Å². The summed E-state index contributed by atoms with van der Waals surface area (Å²) in [4.78, 5) is 26.4. The van der Waals surface area contributed by atoms with Gasteiger partial charge in [-0.3, -0.25) is 4.79 Å². The molecule has 4 aromatic rings. The highest BCUT2D eigenvalue weighted by atomic mass is 19.4. The highest BCUT2D eigenvalue weighted by molar-refractivity contribution is 6.18. The van der Waals surface area contributed by atoms with Gasteiger partial charge in [0.05, 0.1) is 17.5 Å². The van der Waals surface area contributed by atoms with E-state index in [0.717, 1.165) is 23.8 Å². The molecule has 0 bridgehead atoms. The van der Waals surface area contributed by atoms with E-state index in [4.69, 9.17) is 0 Å². The first-order valence-electron chi connectivity index (χ1n) is 11.1. The van der Waals surface area contributed by atoms with Crippen molar-refractivity contribution in [2.75, 3.05) is 0 Å². The van der Waals surface area contributed by atoms with Gasteiger partial charge in [-0.05, 0) is 42.3 Å². The molecule has 0 aliphatic heterocycles. The molecule has 0 radical (unpaired) electrons. The van der Waals surface area contributed by atoms with Crippen molar-refractivity contribution in [3.05, 3.63) is 94.8 Å². The van der Waals surface area contributed by atoms with Crippen LogP contribution in [0.4, 0.5) is 26.3 Å². The Kier molecular flexibility index (Phi) is 6.92. The van der Waals surface area contributed by atoms with Crippen LogP contribution in [0.15, 0.2) is 72.8 Å². The summed E-state index contributed by atoms with van der Waals surface area (Å²) in [5.41, 5.74) is -0.128. The number of esters is 1. The van der Waals surface area contributed by atoms with Crippen molar-refractivity contribution in [3.63, 3.8) is 0 Å². The number of hydrogen-bond acceptors (Lipinski definition) is 4. The fraction of sp³-hybridized carbons (Fsp3) is 0.192. The predicted octanol–water partition coefficient (Wildman–Crippen LogP) is 5.84. The number of fused-ring (bicyclic) bond motifs is 1. The molecule has 0 atom stereocenters. The molecule has 0 saturated carbocycles. The van der Waals surface area contributed by atoms with Gasteiger partial charge in [0.2, 0.25) is 0 Å². The molecule has 0 amide bonds. The number of carbonyl (C=O) groups excluding carboxylic acids is 2. The van der Waals surface area contributed by atoms with Gasteiger partial charge in [0.1, 0.15) is 5.52 Å². The summed E-state index contributed by atoms with van der Waals surface area (Å²) in [6.45, 7) is 1.79. The highest BCUT2D eigenvalue weighted by Gasteiger charge is 2.60. The Labute approximate surface area is 211 Å². The Hall–Kier alpha value is -4.35. The van der Waals surface area contributed by atoms with Crippen LogP contribution in [0.2, 0.25) is 0 Å². The van der Waals surface area contributed by atoms with Crippen LogP contribution >= 0.6 is 0 Å². The van der Waals surface area contributed by atoms with Crippen molar-refractivity contribution in [2.45, 2.75) is 31.9 Å². The van der Waals surface area contributed by atoms with Crippen molar-refractivity contribution < 1.29 is 45.5 Å². The minimum Gasteiger partial charge on any atom is -0.595 e. The molecular weight excluding hydrogens is 518 g/mol. The first-order valence-corrected chi connectivity index (χ1v) is 11.1. The molecule has 4 rings (SSSR count). The fourth-order valence-electron chi connectivity index (χ4n) is 4.07. The number of carbonyl (C=O) groups is 2. The number of hydrogen-bond donors (Lipinski definition) is 0. The average Bonchev–Trinajstić information content (AvgIpc) is 3.15. The van der Waals surface area contributed by atoms with Crippen LogP contribution in [0.3, 0.4) is 0 Å². The fourth-order valence-corrected chi connectivity index (χ4v) is 4.07. The highest BCUT2D eigenvalue weighted by Crippen LogP contribution is 2.36. The average molecular weight is 536 g/mol. The summed E-state index contributed by atoms with van der Waals surface area (Å²) < 4.78 is 82.7. The van der Waals surface area contributed by atoms with Crippen LogP contribution in [-0.2, 0) is 11.3 Å². The quantitative estimate of drug-likeness (QED) is 0.102. The molecule has 0 saturated heterocycles. The number of aromatic nitrogens is 2. The van der Waals surface area contributed by atoms with E-state index >= 15 is 0 Å². The number of aryl methyl sites for hydroxylation is 1. The van der Waals surface area contributed by atoms with Gasteiger partial charge in [0, 0.05) is 5.56 Å². The van der Waals surface area contributed by atoms with Gasteiger partial charge in [-0.1, -0.05) is 53.4 Å². The lowest BCUT2D eigenvalue weighted by Crippen LogP contribution is -2.45. The van der Waals surface area contributed by atoms with Crippen LogP contribution in [0.25, 0.3) is 22.0 Å². The van der Waals surface area contributed by atoms with E-state index in [1.54, 1.807) is 55.5 Å². The molecular formula is C26H18F6N2O4. The Morgan fingerprint density at radius 1 is 0.868 bits per heavy atom. The zero-order valence-electron chi connectivity index (χ0n) is 19.5. The zero-order chi connectivity index (χ0) is 27.8. The first kappa shape index (κ1) is 26.7. The second-order valence-electron chi connectivity index (χ2n) is 8.18. The number of rotatable bonds is 6. The number of benzene rings is 3. The number of halogens is 6. The van der Waals surface area contributed by atoms with E-state index in [9.17, 15) is 41.1 Å². The van der Waals surface area contributed by atoms with Crippen LogP contribution < -0.4 is 4.85 Å². The van der Waals surface area contributed by atoms with Crippen LogP contribution in [0.5, 0.6) is 0 Å². The minimum atomic E-state index is -5.94. The maximum Gasteiger partial charge on any atom is 0.434 e. The molecule has 6 nitrogen and oxygen atoms in total. The number of nitrogens with zero attached hydrogens (tertiary/aromatic N) is 2. The van der Waals surface area contributed by atoms with E-state index in [1.165, 1.54) is 10.7 Å². The topological polar surface area (TPSA) is 75.2 Å². The van der Waals surface area contributed by atoms with Gasteiger partial charge in [0.25, 0.3) is 17.6 Å². The Morgan fingerprint density at radius 3 is 2.03 bits per heavy atom. The molecule has 12 heteroatoms. The maximum atomic E-state index is 13.6. The molecule has 0 N–H and O–H groups in total. The van der Waals surface area contributed by atoms with Gasteiger partial charge in [-0.2, -0.15) is 26.3 Å². The zero-order valence-corrected chi connectivity index (χ0v) is 19.5.